The number of rotatable bonds is 3. The Morgan fingerprint density at radius 2 is 1.81 bits per heavy atom. The Morgan fingerprint density at radius 3 is 2.27 bits per heavy atom. The number of aromatic nitrogens is 2. The van der Waals surface area contributed by atoms with Gasteiger partial charge in [0.15, 0.2) is 0 Å². The molecule has 1 heterocycles. The molecular weight excluding hydrogens is 338 g/mol. The molecule has 1 rings (SSSR count). The number of nitrogens with two attached hydrogens (primary N) is 1. The van der Waals surface area contributed by atoms with Gasteiger partial charge in [-0.25, -0.2) is 9.59 Å². The molecular formula is C17H29N5O4. The Kier molecular flexibility index (Phi) is 6.91. The minimum Gasteiger partial charge on any atom is -0.444 e. The van der Waals surface area contributed by atoms with Crippen molar-refractivity contribution < 1.29 is 19.1 Å². The van der Waals surface area contributed by atoms with Gasteiger partial charge in [-0.2, -0.15) is 10.1 Å². The van der Waals surface area contributed by atoms with E-state index in [0.29, 0.717) is 0 Å². The van der Waals surface area contributed by atoms with Crippen LogP contribution in [0.4, 0.5) is 9.59 Å². The van der Waals surface area contributed by atoms with Gasteiger partial charge in [0.25, 0.3) is 0 Å². The summed E-state index contributed by atoms with van der Waals surface area (Å²) in [5.74, 6) is 0.0576. The molecule has 0 aliphatic rings. The maximum atomic E-state index is 12.0. The lowest BCUT2D eigenvalue weighted by Crippen LogP contribution is -2.38. The molecule has 1 unspecified atom stereocenters. The molecule has 0 fully saturated rings. The fourth-order valence-electron chi connectivity index (χ4n) is 2.00. The first-order valence-corrected chi connectivity index (χ1v) is 8.31. The number of carbonyl (C=O) groups excluding carboxylic acids is 2. The molecule has 26 heavy (non-hydrogen) atoms. The number of amides is 2. The van der Waals surface area contributed by atoms with Gasteiger partial charge in [0.1, 0.15) is 17.0 Å². The monoisotopic (exact) mass is 367 g/mol. The summed E-state index contributed by atoms with van der Waals surface area (Å²) in [6, 6.07) is 1.22. The zero-order valence-corrected chi connectivity index (χ0v) is 16.5. The van der Waals surface area contributed by atoms with Crippen molar-refractivity contribution in [3.63, 3.8) is 0 Å². The SMILES string of the molecule is Cn1nccc1C(N)CC(=NC(=O)OC(C)(C)C)NC(=O)OC(C)(C)C. The summed E-state index contributed by atoms with van der Waals surface area (Å²) in [6.07, 6.45) is 0.164. The van der Waals surface area contributed by atoms with Crippen LogP contribution in [-0.4, -0.2) is 39.0 Å². The van der Waals surface area contributed by atoms with Crippen LogP contribution < -0.4 is 11.1 Å². The highest BCUT2D eigenvalue weighted by molar-refractivity contribution is 6.00. The quantitative estimate of drug-likeness (QED) is 0.626. The lowest BCUT2D eigenvalue weighted by atomic mass is 10.1. The lowest BCUT2D eigenvalue weighted by Gasteiger charge is -2.21. The molecule has 0 aliphatic heterocycles. The van der Waals surface area contributed by atoms with Crippen LogP contribution in [0.1, 0.15) is 59.7 Å². The maximum Gasteiger partial charge on any atom is 0.435 e. The third kappa shape index (κ3) is 8.11. The van der Waals surface area contributed by atoms with Crippen molar-refractivity contribution in [2.45, 2.75) is 65.2 Å². The lowest BCUT2D eigenvalue weighted by molar-refractivity contribution is 0.0561. The van der Waals surface area contributed by atoms with Crippen LogP contribution in [0.3, 0.4) is 0 Å². The van der Waals surface area contributed by atoms with E-state index in [1.165, 1.54) is 0 Å². The number of hydrogen-bond acceptors (Lipinski definition) is 6. The minimum absolute atomic E-state index is 0.0576. The molecule has 9 nitrogen and oxygen atoms in total. The van der Waals surface area contributed by atoms with Crippen LogP contribution in [0.5, 0.6) is 0 Å². The van der Waals surface area contributed by atoms with E-state index in [2.05, 4.69) is 15.4 Å². The number of hydrogen-bond donors (Lipinski definition) is 2. The Labute approximate surface area is 153 Å². The summed E-state index contributed by atoms with van der Waals surface area (Å²) in [7, 11) is 1.75. The average Bonchev–Trinajstić information content (AvgIpc) is 2.79. The molecule has 146 valence electrons. The average molecular weight is 367 g/mol. The highest BCUT2D eigenvalue weighted by Gasteiger charge is 2.22. The van der Waals surface area contributed by atoms with Gasteiger partial charge in [-0.3, -0.25) is 10.00 Å². The highest BCUT2D eigenvalue weighted by Crippen LogP contribution is 2.15. The first kappa shape index (κ1) is 21.6. The van der Waals surface area contributed by atoms with Gasteiger partial charge in [-0.1, -0.05) is 0 Å². The molecule has 0 aliphatic carbocycles. The molecule has 2 amide bonds. The van der Waals surface area contributed by atoms with Crippen molar-refractivity contribution in [2.24, 2.45) is 17.8 Å². The van der Waals surface area contributed by atoms with Crippen molar-refractivity contribution in [3.05, 3.63) is 18.0 Å². The number of nitrogens with one attached hydrogen (secondary N) is 1. The van der Waals surface area contributed by atoms with E-state index in [1.54, 1.807) is 65.5 Å². The fourth-order valence-corrected chi connectivity index (χ4v) is 2.00. The number of aliphatic imine (C=N–C) groups is 1. The number of alkyl carbamates (subject to hydrolysis) is 1. The van der Waals surface area contributed by atoms with E-state index in [1.807, 2.05) is 0 Å². The van der Waals surface area contributed by atoms with E-state index >= 15 is 0 Å². The molecule has 0 radical (unpaired) electrons. The highest BCUT2D eigenvalue weighted by atomic mass is 16.6. The fraction of sp³-hybridized carbons (Fsp3) is 0.647. The van der Waals surface area contributed by atoms with Crippen LogP contribution in [0.2, 0.25) is 0 Å². The van der Waals surface area contributed by atoms with Crippen LogP contribution in [0, 0.1) is 0 Å². The van der Waals surface area contributed by atoms with Crippen LogP contribution in [0.15, 0.2) is 17.3 Å². The van der Waals surface area contributed by atoms with Gasteiger partial charge in [0.2, 0.25) is 0 Å². The summed E-state index contributed by atoms with van der Waals surface area (Å²) in [4.78, 5) is 27.9. The van der Waals surface area contributed by atoms with Gasteiger partial charge >= 0.3 is 12.2 Å². The third-order valence-corrected chi connectivity index (χ3v) is 2.92. The topological polar surface area (TPSA) is 121 Å². The van der Waals surface area contributed by atoms with Gasteiger partial charge in [0, 0.05) is 19.7 Å². The summed E-state index contributed by atoms with van der Waals surface area (Å²) in [5.41, 5.74) is 5.49. The first-order chi connectivity index (χ1) is 11.8. The molecule has 0 saturated heterocycles. The number of amidine groups is 1. The molecule has 3 N–H and O–H groups in total. The Morgan fingerprint density at radius 1 is 1.23 bits per heavy atom. The second kappa shape index (κ2) is 8.31. The molecule has 0 saturated carbocycles. The predicted octanol–water partition coefficient (Wildman–Crippen LogP) is 2.67. The molecule has 0 spiro atoms. The smallest absolute Gasteiger partial charge is 0.435 e. The van der Waals surface area contributed by atoms with Crippen LogP contribution in [0.25, 0.3) is 0 Å². The van der Waals surface area contributed by atoms with E-state index < -0.39 is 29.4 Å². The van der Waals surface area contributed by atoms with E-state index in [-0.39, 0.29) is 12.3 Å². The summed E-state index contributed by atoms with van der Waals surface area (Å²) < 4.78 is 12.0. The van der Waals surface area contributed by atoms with Crippen molar-refractivity contribution in [2.75, 3.05) is 0 Å². The normalized spacial score (nSPS) is 13.9. The summed E-state index contributed by atoms with van der Waals surface area (Å²) in [6.45, 7) is 10.4. The minimum atomic E-state index is -0.819. The summed E-state index contributed by atoms with van der Waals surface area (Å²) >= 11 is 0. The standard InChI is InChI=1S/C17H29N5O4/c1-16(2,3)25-14(23)20-13(21-15(24)26-17(4,5)6)10-11(18)12-8-9-19-22(12)7/h8-9,11H,10,18H2,1-7H3,(H,20,21,23,24). The van der Waals surface area contributed by atoms with Gasteiger partial charge in [-0.05, 0) is 47.6 Å². The van der Waals surface area contributed by atoms with Crippen molar-refractivity contribution in [1.82, 2.24) is 15.1 Å². The Hall–Kier alpha value is -2.42. The Balaban J connectivity index is 2.95. The number of ether oxygens (including phenoxy) is 2. The zero-order chi connectivity index (χ0) is 20.1. The van der Waals surface area contributed by atoms with Gasteiger partial charge < -0.3 is 15.2 Å². The van der Waals surface area contributed by atoms with Crippen molar-refractivity contribution in [3.8, 4) is 0 Å². The molecule has 9 heteroatoms. The predicted molar refractivity (Wildman–Crippen MR) is 97.8 cm³/mol. The Bertz CT molecular complexity index is 667. The molecule has 1 aromatic heterocycles. The van der Waals surface area contributed by atoms with Crippen LogP contribution >= 0.6 is 0 Å². The van der Waals surface area contributed by atoms with Gasteiger partial charge in [-0.15, -0.1) is 0 Å². The van der Waals surface area contributed by atoms with Gasteiger partial charge in [0.05, 0.1) is 11.7 Å². The van der Waals surface area contributed by atoms with E-state index in [9.17, 15) is 9.59 Å². The second-order valence-corrected chi connectivity index (χ2v) is 7.86. The third-order valence-electron chi connectivity index (χ3n) is 2.92. The number of nitrogens with zero attached hydrogens (tertiary/aromatic N) is 3. The van der Waals surface area contributed by atoms with Crippen molar-refractivity contribution in [1.29, 1.82) is 0 Å². The van der Waals surface area contributed by atoms with E-state index in [4.69, 9.17) is 15.2 Å². The number of aryl methyl sites for hydroxylation is 1. The molecule has 0 aromatic carbocycles. The second-order valence-electron chi connectivity index (χ2n) is 7.86. The molecule has 1 aromatic rings. The summed E-state index contributed by atoms with van der Waals surface area (Å²) in [5, 5.41) is 6.54. The molecule has 1 atom stereocenters. The zero-order valence-electron chi connectivity index (χ0n) is 16.5. The van der Waals surface area contributed by atoms with E-state index in [0.717, 1.165) is 5.69 Å². The largest absolute Gasteiger partial charge is 0.444 e. The van der Waals surface area contributed by atoms with Crippen molar-refractivity contribution >= 4 is 18.0 Å². The van der Waals surface area contributed by atoms with Crippen LogP contribution in [-0.2, 0) is 16.5 Å². The number of carbonyl (C=O) groups is 2. The first-order valence-electron chi connectivity index (χ1n) is 8.31. The maximum absolute atomic E-state index is 12.0. The molecule has 0 bridgehead atoms.